The van der Waals surface area contributed by atoms with Gasteiger partial charge < -0.3 is 15.4 Å². The first kappa shape index (κ1) is 21.4. The van der Waals surface area contributed by atoms with E-state index in [1.807, 2.05) is 34.6 Å². The summed E-state index contributed by atoms with van der Waals surface area (Å²) in [5.74, 6) is -0.887. The van der Waals surface area contributed by atoms with Crippen molar-refractivity contribution in [2.45, 2.75) is 72.9 Å². The molecule has 2 atom stereocenters. The maximum atomic E-state index is 12.4. The van der Waals surface area contributed by atoms with Crippen molar-refractivity contribution in [2.24, 2.45) is 11.8 Å². The molecule has 0 spiro atoms. The van der Waals surface area contributed by atoms with Crippen molar-refractivity contribution in [3.8, 4) is 0 Å². The van der Waals surface area contributed by atoms with E-state index in [1.54, 1.807) is 0 Å². The van der Waals surface area contributed by atoms with Crippen molar-refractivity contribution in [1.82, 2.24) is 10.6 Å². The molecule has 0 fully saturated rings. The predicted octanol–water partition coefficient (Wildman–Crippen LogP) is 2.02. The van der Waals surface area contributed by atoms with E-state index in [2.05, 4.69) is 10.6 Å². The number of hydrogen-bond donors (Lipinski definition) is 2. The number of hydrogen-bond acceptors (Lipinski definition) is 4. The third kappa shape index (κ3) is 9.21. The first-order chi connectivity index (χ1) is 10.7. The van der Waals surface area contributed by atoms with Gasteiger partial charge in [0.05, 0.1) is 6.61 Å². The first-order valence-electron chi connectivity index (χ1n) is 8.43. The highest BCUT2D eigenvalue weighted by Gasteiger charge is 2.29. The highest BCUT2D eigenvalue weighted by Crippen LogP contribution is 2.09. The van der Waals surface area contributed by atoms with Gasteiger partial charge >= 0.3 is 5.97 Å². The summed E-state index contributed by atoms with van der Waals surface area (Å²) in [5.41, 5.74) is 0. The van der Waals surface area contributed by atoms with Crippen LogP contribution in [-0.2, 0) is 19.1 Å². The van der Waals surface area contributed by atoms with Gasteiger partial charge in [0.15, 0.2) is 0 Å². The summed E-state index contributed by atoms with van der Waals surface area (Å²) in [6.45, 7) is 11.4. The van der Waals surface area contributed by atoms with Gasteiger partial charge in [0.1, 0.15) is 12.1 Å². The lowest BCUT2D eigenvalue weighted by molar-refractivity contribution is -0.149. The Morgan fingerprint density at radius 3 is 2.09 bits per heavy atom. The minimum atomic E-state index is -0.706. The quantitative estimate of drug-likeness (QED) is 0.475. The van der Waals surface area contributed by atoms with Crippen LogP contribution >= 0.6 is 0 Å². The second kappa shape index (κ2) is 11.0. The van der Waals surface area contributed by atoms with Crippen LogP contribution in [0.15, 0.2) is 0 Å². The average Bonchev–Trinajstić information content (AvgIpc) is 2.42. The Labute approximate surface area is 139 Å². The molecule has 0 aliphatic carbocycles. The fraction of sp³-hybridized carbons (Fsp3) is 0.824. The third-order valence-corrected chi connectivity index (χ3v) is 3.36. The van der Waals surface area contributed by atoms with Crippen molar-refractivity contribution < 1.29 is 19.1 Å². The van der Waals surface area contributed by atoms with Crippen molar-refractivity contribution in [2.75, 3.05) is 6.61 Å². The Morgan fingerprint density at radius 1 is 1.04 bits per heavy atom. The van der Waals surface area contributed by atoms with Crippen LogP contribution in [0.3, 0.4) is 0 Å². The molecule has 134 valence electrons. The van der Waals surface area contributed by atoms with Crippen molar-refractivity contribution in [3.05, 3.63) is 0 Å². The monoisotopic (exact) mass is 328 g/mol. The summed E-state index contributed by atoms with van der Waals surface area (Å²) in [5, 5.41) is 5.37. The van der Waals surface area contributed by atoms with Crippen LogP contribution in [0.5, 0.6) is 0 Å². The van der Waals surface area contributed by atoms with Crippen LogP contribution in [0, 0.1) is 11.8 Å². The van der Waals surface area contributed by atoms with Gasteiger partial charge in [-0.15, -0.1) is 0 Å². The Kier molecular flexibility index (Phi) is 10.3. The second-order valence-corrected chi connectivity index (χ2v) is 6.63. The zero-order valence-corrected chi connectivity index (χ0v) is 15.3. The molecular formula is C17H32N2O4. The lowest BCUT2D eigenvalue weighted by Gasteiger charge is -2.25. The van der Waals surface area contributed by atoms with Crippen molar-refractivity contribution in [1.29, 1.82) is 0 Å². The molecule has 0 aliphatic heterocycles. The lowest BCUT2D eigenvalue weighted by Crippen LogP contribution is -2.53. The molecule has 0 saturated heterocycles. The SMILES string of the molecule is CCCCOC(=O)C(NC(=O)C(CC(C)C)NC(C)=O)C(C)C. The van der Waals surface area contributed by atoms with Gasteiger partial charge in [0, 0.05) is 6.92 Å². The van der Waals surface area contributed by atoms with E-state index in [-0.39, 0.29) is 23.7 Å². The Morgan fingerprint density at radius 2 is 1.65 bits per heavy atom. The summed E-state index contributed by atoms with van der Waals surface area (Å²) >= 11 is 0. The molecule has 2 unspecified atom stereocenters. The number of rotatable bonds is 10. The van der Waals surface area contributed by atoms with Crippen LogP contribution < -0.4 is 10.6 Å². The summed E-state index contributed by atoms with van der Waals surface area (Å²) in [6, 6.07) is -1.35. The van der Waals surface area contributed by atoms with Gasteiger partial charge in [0.25, 0.3) is 0 Å². The molecule has 0 heterocycles. The van der Waals surface area contributed by atoms with Gasteiger partial charge in [-0.25, -0.2) is 4.79 Å². The van der Waals surface area contributed by atoms with Gasteiger partial charge in [-0.2, -0.15) is 0 Å². The third-order valence-electron chi connectivity index (χ3n) is 3.36. The Hall–Kier alpha value is -1.59. The molecule has 0 aromatic heterocycles. The summed E-state index contributed by atoms with van der Waals surface area (Å²) < 4.78 is 5.21. The zero-order valence-electron chi connectivity index (χ0n) is 15.3. The van der Waals surface area contributed by atoms with E-state index in [1.165, 1.54) is 6.92 Å². The molecule has 6 heteroatoms. The number of esters is 1. The number of ether oxygens (including phenoxy) is 1. The maximum Gasteiger partial charge on any atom is 0.328 e. The molecule has 23 heavy (non-hydrogen) atoms. The predicted molar refractivity (Wildman–Crippen MR) is 89.7 cm³/mol. The largest absolute Gasteiger partial charge is 0.464 e. The standard InChI is InChI=1S/C17H32N2O4/c1-7-8-9-23-17(22)15(12(4)5)19-16(21)14(10-11(2)3)18-13(6)20/h11-12,14-15H,7-10H2,1-6H3,(H,18,20)(H,19,21). The molecule has 0 bridgehead atoms. The topological polar surface area (TPSA) is 84.5 Å². The number of nitrogens with one attached hydrogen (secondary N) is 2. The van der Waals surface area contributed by atoms with E-state index in [4.69, 9.17) is 4.74 Å². The van der Waals surface area contributed by atoms with E-state index >= 15 is 0 Å². The van der Waals surface area contributed by atoms with Crippen molar-refractivity contribution >= 4 is 17.8 Å². The van der Waals surface area contributed by atoms with Gasteiger partial charge in [-0.05, 0) is 24.7 Å². The number of amides is 2. The Balaban J connectivity index is 4.84. The summed E-state index contributed by atoms with van der Waals surface area (Å²) in [7, 11) is 0. The van der Waals surface area contributed by atoms with Gasteiger partial charge in [0.2, 0.25) is 11.8 Å². The lowest BCUT2D eigenvalue weighted by atomic mass is 10.0. The Bertz CT molecular complexity index is 394. The van der Waals surface area contributed by atoms with E-state index in [0.717, 1.165) is 12.8 Å². The molecule has 0 aliphatic rings. The average molecular weight is 328 g/mol. The summed E-state index contributed by atoms with van der Waals surface area (Å²) in [4.78, 5) is 35.9. The molecule has 0 radical (unpaired) electrons. The molecule has 0 aromatic carbocycles. The molecule has 0 aromatic rings. The highest BCUT2D eigenvalue weighted by atomic mass is 16.5. The van der Waals surface area contributed by atoms with E-state index < -0.39 is 18.1 Å². The van der Waals surface area contributed by atoms with Crippen molar-refractivity contribution in [3.63, 3.8) is 0 Å². The van der Waals surface area contributed by atoms with E-state index in [9.17, 15) is 14.4 Å². The maximum absolute atomic E-state index is 12.4. The number of unbranched alkanes of at least 4 members (excludes halogenated alkanes) is 1. The van der Waals surface area contributed by atoms with Crippen LogP contribution in [0.25, 0.3) is 0 Å². The normalized spacial score (nSPS) is 13.6. The number of carbonyl (C=O) groups excluding carboxylic acids is 3. The molecular weight excluding hydrogens is 296 g/mol. The zero-order chi connectivity index (χ0) is 18.0. The van der Waals surface area contributed by atoms with Crippen LogP contribution in [-0.4, -0.2) is 36.5 Å². The number of carbonyl (C=O) groups is 3. The molecule has 0 rings (SSSR count). The minimum absolute atomic E-state index is 0.0925. The molecule has 2 amide bonds. The first-order valence-corrected chi connectivity index (χ1v) is 8.43. The molecule has 2 N–H and O–H groups in total. The highest BCUT2D eigenvalue weighted by molar-refractivity contribution is 5.90. The molecule has 6 nitrogen and oxygen atoms in total. The van der Waals surface area contributed by atoms with Gasteiger partial charge in [-0.1, -0.05) is 41.0 Å². The fourth-order valence-corrected chi connectivity index (χ4v) is 2.11. The smallest absolute Gasteiger partial charge is 0.328 e. The van der Waals surface area contributed by atoms with Gasteiger partial charge in [-0.3, -0.25) is 9.59 Å². The van der Waals surface area contributed by atoms with Crippen LogP contribution in [0.1, 0.15) is 60.8 Å². The van der Waals surface area contributed by atoms with Crippen LogP contribution in [0.2, 0.25) is 0 Å². The second-order valence-electron chi connectivity index (χ2n) is 6.63. The summed E-state index contributed by atoms with van der Waals surface area (Å²) in [6.07, 6.45) is 2.25. The fourth-order valence-electron chi connectivity index (χ4n) is 2.11. The minimum Gasteiger partial charge on any atom is -0.464 e. The van der Waals surface area contributed by atoms with E-state index in [0.29, 0.717) is 13.0 Å². The molecule has 0 saturated carbocycles. The van der Waals surface area contributed by atoms with Crippen LogP contribution in [0.4, 0.5) is 0 Å².